The van der Waals surface area contributed by atoms with Crippen LogP contribution in [0.25, 0.3) is 0 Å². The first kappa shape index (κ1) is 15.8. The lowest BCUT2D eigenvalue weighted by molar-refractivity contribution is -0.0665. The third-order valence-corrected chi connectivity index (χ3v) is 5.72. The first-order chi connectivity index (χ1) is 9.36. The molecule has 1 nitrogen and oxygen atoms in total. The van der Waals surface area contributed by atoms with Crippen LogP contribution in [0.15, 0.2) is 24.3 Å². The van der Waals surface area contributed by atoms with E-state index in [1.165, 1.54) is 49.3 Å². The molecule has 0 aliphatic heterocycles. The van der Waals surface area contributed by atoms with E-state index in [2.05, 4.69) is 50.8 Å². The summed E-state index contributed by atoms with van der Waals surface area (Å²) in [4.78, 5) is 0. The number of hydrogen-bond acceptors (Lipinski definition) is 1. The Labute approximate surface area is 125 Å². The highest BCUT2D eigenvalue weighted by Gasteiger charge is 2.27. The predicted molar refractivity (Wildman–Crippen MR) is 89.8 cm³/mol. The van der Waals surface area contributed by atoms with Crippen LogP contribution < -0.4 is 0 Å². The largest absolute Gasteiger partial charge is 0.371 e. The summed E-state index contributed by atoms with van der Waals surface area (Å²) in [6.07, 6.45) is 6.48. The molecule has 1 fully saturated rings. The molecule has 0 heterocycles. The standard InChI is InChI=1S/C18H30OSi/c1-18(12-6-5-7-13-18)19-14-16-8-10-17(11-9-16)15-20(2,3)4/h8-11H,5-7,12-15H2,1-4H3. The molecule has 112 valence electrons. The van der Waals surface area contributed by atoms with Crippen molar-refractivity contribution in [3.05, 3.63) is 35.4 Å². The van der Waals surface area contributed by atoms with E-state index in [-0.39, 0.29) is 5.60 Å². The fraction of sp³-hybridized carbons (Fsp3) is 0.667. The Morgan fingerprint density at radius 1 is 0.950 bits per heavy atom. The highest BCUT2D eigenvalue weighted by Crippen LogP contribution is 2.31. The van der Waals surface area contributed by atoms with Gasteiger partial charge >= 0.3 is 0 Å². The van der Waals surface area contributed by atoms with Gasteiger partial charge in [-0.1, -0.05) is 68.7 Å². The molecule has 1 aliphatic carbocycles. The van der Waals surface area contributed by atoms with E-state index in [1.54, 1.807) is 0 Å². The van der Waals surface area contributed by atoms with Gasteiger partial charge in [-0.2, -0.15) is 0 Å². The van der Waals surface area contributed by atoms with Crippen molar-refractivity contribution in [3.8, 4) is 0 Å². The van der Waals surface area contributed by atoms with Gasteiger partial charge in [-0.05, 0) is 31.4 Å². The SMILES string of the molecule is CC1(OCc2ccc(C[Si](C)(C)C)cc2)CCCCC1. The molecule has 0 N–H and O–H groups in total. The van der Waals surface area contributed by atoms with Gasteiger partial charge in [0.25, 0.3) is 0 Å². The van der Waals surface area contributed by atoms with Crippen LogP contribution in [-0.4, -0.2) is 13.7 Å². The molecule has 0 spiro atoms. The van der Waals surface area contributed by atoms with Crippen LogP contribution in [0.4, 0.5) is 0 Å². The van der Waals surface area contributed by atoms with Crippen molar-refractivity contribution in [3.63, 3.8) is 0 Å². The van der Waals surface area contributed by atoms with Gasteiger partial charge in [-0.25, -0.2) is 0 Å². The van der Waals surface area contributed by atoms with Crippen LogP contribution in [0.1, 0.15) is 50.2 Å². The monoisotopic (exact) mass is 290 g/mol. The minimum atomic E-state index is -1.00. The maximum atomic E-state index is 6.21. The van der Waals surface area contributed by atoms with Gasteiger partial charge in [-0.3, -0.25) is 0 Å². The third-order valence-electron chi connectivity index (χ3n) is 4.26. The Hall–Kier alpha value is -0.603. The lowest BCUT2D eigenvalue weighted by Crippen LogP contribution is -2.31. The van der Waals surface area contributed by atoms with E-state index in [4.69, 9.17) is 4.74 Å². The summed E-state index contributed by atoms with van der Waals surface area (Å²) in [7, 11) is -1.00. The lowest BCUT2D eigenvalue weighted by Gasteiger charge is -2.33. The van der Waals surface area contributed by atoms with Crippen LogP contribution >= 0.6 is 0 Å². The highest BCUT2D eigenvalue weighted by molar-refractivity contribution is 6.75. The molecule has 1 aromatic rings. The van der Waals surface area contributed by atoms with Gasteiger partial charge < -0.3 is 4.74 Å². The highest BCUT2D eigenvalue weighted by atomic mass is 28.3. The second-order valence-corrected chi connectivity index (χ2v) is 13.3. The van der Waals surface area contributed by atoms with E-state index in [0.29, 0.717) is 0 Å². The lowest BCUT2D eigenvalue weighted by atomic mass is 9.86. The second kappa shape index (κ2) is 6.44. The quantitative estimate of drug-likeness (QED) is 0.665. The summed E-state index contributed by atoms with van der Waals surface area (Å²) in [5, 5.41) is 0. The molecular weight excluding hydrogens is 260 g/mol. The van der Waals surface area contributed by atoms with E-state index >= 15 is 0 Å². The Bertz CT molecular complexity index is 410. The van der Waals surface area contributed by atoms with Crippen LogP contribution in [0.5, 0.6) is 0 Å². The first-order valence-corrected chi connectivity index (χ1v) is 11.8. The Morgan fingerprint density at radius 2 is 1.50 bits per heavy atom. The van der Waals surface area contributed by atoms with Gasteiger partial charge in [0.1, 0.15) is 0 Å². The number of benzene rings is 1. The van der Waals surface area contributed by atoms with Gasteiger partial charge in [-0.15, -0.1) is 0 Å². The maximum absolute atomic E-state index is 6.21. The van der Waals surface area contributed by atoms with Crippen molar-refractivity contribution < 1.29 is 4.74 Å². The van der Waals surface area contributed by atoms with Crippen molar-refractivity contribution in [2.75, 3.05) is 0 Å². The molecule has 0 unspecified atom stereocenters. The summed E-state index contributed by atoms with van der Waals surface area (Å²) in [5.74, 6) is 0. The van der Waals surface area contributed by atoms with E-state index < -0.39 is 8.07 Å². The van der Waals surface area contributed by atoms with Crippen LogP contribution in [0, 0.1) is 0 Å². The molecule has 0 amide bonds. The molecule has 0 saturated heterocycles. The van der Waals surface area contributed by atoms with Crippen molar-refractivity contribution in [2.24, 2.45) is 0 Å². The summed E-state index contributed by atoms with van der Waals surface area (Å²) in [6.45, 7) is 10.3. The van der Waals surface area contributed by atoms with Gasteiger partial charge in [0.05, 0.1) is 12.2 Å². The van der Waals surface area contributed by atoms with Crippen LogP contribution in [0.2, 0.25) is 19.6 Å². The Kier molecular flexibility index (Phi) is 5.08. The summed E-state index contributed by atoms with van der Waals surface area (Å²) in [6, 6.07) is 10.4. The van der Waals surface area contributed by atoms with E-state index in [9.17, 15) is 0 Å². The number of rotatable bonds is 5. The molecule has 0 atom stereocenters. The average molecular weight is 291 g/mol. The molecule has 0 radical (unpaired) electrons. The minimum absolute atomic E-state index is 0.120. The van der Waals surface area contributed by atoms with Gasteiger partial charge in [0.2, 0.25) is 0 Å². The van der Waals surface area contributed by atoms with Crippen molar-refractivity contribution in [1.29, 1.82) is 0 Å². The summed E-state index contributed by atoms with van der Waals surface area (Å²) >= 11 is 0. The molecule has 2 rings (SSSR count). The zero-order chi connectivity index (χ0) is 14.6. The van der Waals surface area contributed by atoms with Gasteiger partial charge in [0.15, 0.2) is 0 Å². The molecule has 0 bridgehead atoms. The van der Waals surface area contributed by atoms with Crippen LogP contribution in [0.3, 0.4) is 0 Å². The Balaban J connectivity index is 1.87. The second-order valence-electron chi connectivity index (χ2n) is 7.85. The van der Waals surface area contributed by atoms with Gasteiger partial charge in [0, 0.05) is 8.07 Å². The molecule has 20 heavy (non-hydrogen) atoms. The molecular formula is C18H30OSi. The van der Waals surface area contributed by atoms with E-state index in [1.807, 2.05) is 0 Å². The number of hydrogen-bond donors (Lipinski definition) is 0. The summed E-state index contributed by atoms with van der Waals surface area (Å²) < 4.78 is 6.21. The zero-order valence-corrected chi connectivity index (χ0v) is 14.7. The molecule has 1 saturated carbocycles. The fourth-order valence-electron chi connectivity index (χ4n) is 3.07. The number of ether oxygens (including phenoxy) is 1. The van der Waals surface area contributed by atoms with E-state index in [0.717, 1.165) is 6.61 Å². The summed E-state index contributed by atoms with van der Waals surface area (Å²) in [5.41, 5.74) is 2.92. The van der Waals surface area contributed by atoms with Crippen LogP contribution in [-0.2, 0) is 17.4 Å². The zero-order valence-electron chi connectivity index (χ0n) is 13.7. The Morgan fingerprint density at radius 3 is 2.05 bits per heavy atom. The third kappa shape index (κ3) is 5.06. The van der Waals surface area contributed by atoms with Crippen molar-refractivity contribution in [1.82, 2.24) is 0 Å². The van der Waals surface area contributed by atoms with Crippen molar-refractivity contribution >= 4 is 8.07 Å². The smallest absolute Gasteiger partial charge is 0.0724 e. The first-order valence-electron chi connectivity index (χ1n) is 8.08. The fourth-order valence-corrected chi connectivity index (χ4v) is 4.53. The molecule has 0 aromatic heterocycles. The normalized spacial score (nSPS) is 19.0. The minimum Gasteiger partial charge on any atom is -0.371 e. The maximum Gasteiger partial charge on any atom is 0.0724 e. The van der Waals surface area contributed by atoms with Crippen molar-refractivity contribution in [2.45, 2.75) is 76.9 Å². The molecule has 1 aliphatic rings. The molecule has 2 heteroatoms. The average Bonchev–Trinajstić information content (AvgIpc) is 2.37. The predicted octanol–water partition coefficient (Wildman–Crippen LogP) is 5.35. The topological polar surface area (TPSA) is 9.23 Å². The molecule has 1 aromatic carbocycles.